The van der Waals surface area contributed by atoms with Gasteiger partial charge in [-0.1, -0.05) is 18.2 Å². The molecule has 0 heterocycles. The van der Waals surface area contributed by atoms with Crippen molar-refractivity contribution in [1.29, 1.82) is 0 Å². The minimum atomic E-state index is -4.44. The average molecular weight is 220 g/mol. The molecule has 0 spiro atoms. The van der Waals surface area contributed by atoms with Crippen molar-refractivity contribution < 1.29 is 22.4 Å². The number of carbonyl (C=O) groups is 1. The molecule has 1 aromatic rings. The van der Waals surface area contributed by atoms with Crippen molar-refractivity contribution in [1.82, 2.24) is 0 Å². The molecule has 0 aliphatic heterocycles. The van der Waals surface area contributed by atoms with E-state index in [4.69, 9.17) is 0 Å². The highest BCUT2D eigenvalue weighted by molar-refractivity contribution is 5.56. The van der Waals surface area contributed by atoms with Gasteiger partial charge in [0.1, 0.15) is 0 Å². The van der Waals surface area contributed by atoms with Crippen LogP contribution in [0.15, 0.2) is 24.3 Å². The van der Waals surface area contributed by atoms with E-state index >= 15 is 0 Å². The van der Waals surface area contributed by atoms with Gasteiger partial charge in [0.25, 0.3) is 0 Å². The van der Waals surface area contributed by atoms with E-state index < -0.39 is 17.9 Å². The molecular formula is C10H8F4O. The summed E-state index contributed by atoms with van der Waals surface area (Å²) in [4.78, 5) is 9.99. The molecule has 0 aliphatic carbocycles. The monoisotopic (exact) mass is 220 g/mol. The van der Waals surface area contributed by atoms with E-state index in [9.17, 15) is 22.4 Å². The van der Waals surface area contributed by atoms with E-state index in [0.29, 0.717) is 0 Å². The van der Waals surface area contributed by atoms with Crippen molar-refractivity contribution in [2.75, 3.05) is 0 Å². The fourth-order valence-electron chi connectivity index (χ4n) is 1.15. The summed E-state index contributed by atoms with van der Waals surface area (Å²) in [6.07, 6.45) is -6.45. The first kappa shape index (κ1) is 11.7. The molecule has 5 heteroatoms. The maximum atomic E-state index is 12.6. The molecule has 0 saturated heterocycles. The number of benzene rings is 1. The van der Waals surface area contributed by atoms with Crippen LogP contribution in [0, 0.1) is 0 Å². The number of halogens is 4. The van der Waals surface area contributed by atoms with Gasteiger partial charge in [-0.3, -0.25) is 0 Å². The molecule has 0 fully saturated rings. The number of rotatable bonds is 3. The second-order valence-corrected chi connectivity index (χ2v) is 3.05. The molecule has 0 N–H and O–H groups in total. The lowest BCUT2D eigenvalue weighted by molar-refractivity contribution is -0.137. The van der Waals surface area contributed by atoms with Crippen molar-refractivity contribution in [3.05, 3.63) is 35.4 Å². The Balaban J connectivity index is 2.88. The molecule has 1 unspecified atom stereocenters. The van der Waals surface area contributed by atoms with Gasteiger partial charge in [0.2, 0.25) is 0 Å². The smallest absolute Gasteiger partial charge is 0.300 e. The molecule has 1 atom stereocenters. The fraction of sp³-hybridized carbons (Fsp3) is 0.300. The van der Waals surface area contributed by atoms with Crippen molar-refractivity contribution >= 4 is 6.29 Å². The molecule has 1 nitrogen and oxygen atoms in total. The Morgan fingerprint density at radius 3 is 2.53 bits per heavy atom. The molecular weight excluding hydrogens is 212 g/mol. The third-order valence-corrected chi connectivity index (χ3v) is 1.83. The number of aldehydes is 1. The van der Waals surface area contributed by atoms with Crippen LogP contribution in [0.3, 0.4) is 0 Å². The van der Waals surface area contributed by atoms with Gasteiger partial charge in [0.05, 0.1) is 5.56 Å². The molecule has 0 aliphatic rings. The normalized spacial score (nSPS) is 13.6. The van der Waals surface area contributed by atoms with E-state index in [2.05, 4.69) is 0 Å². The van der Waals surface area contributed by atoms with Crippen LogP contribution in [-0.2, 0) is 17.4 Å². The number of carbonyl (C=O) groups excluding carboxylic acids is 1. The van der Waals surface area contributed by atoms with Gasteiger partial charge in [-0.05, 0) is 11.6 Å². The number of alkyl halides is 4. The number of hydrogen-bond acceptors (Lipinski definition) is 1. The van der Waals surface area contributed by atoms with Gasteiger partial charge in [0.15, 0.2) is 12.5 Å². The van der Waals surface area contributed by atoms with E-state index in [1.54, 1.807) is 0 Å². The highest BCUT2D eigenvalue weighted by Crippen LogP contribution is 2.29. The molecule has 1 rings (SSSR count). The Bertz CT molecular complexity index is 346. The molecule has 1 aromatic carbocycles. The van der Waals surface area contributed by atoms with E-state index in [0.717, 1.165) is 12.1 Å². The van der Waals surface area contributed by atoms with Crippen LogP contribution in [0.5, 0.6) is 0 Å². The summed E-state index contributed by atoms with van der Waals surface area (Å²) in [6.45, 7) is 0. The van der Waals surface area contributed by atoms with Crippen molar-refractivity contribution in [3.63, 3.8) is 0 Å². The summed E-state index contributed by atoms with van der Waals surface area (Å²) in [5.41, 5.74) is -0.678. The molecule has 0 saturated carbocycles. The summed E-state index contributed by atoms with van der Waals surface area (Å²) in [6, 6.07) is 4.29. The summed E-state index contributed by atoms with van der Waals surface area (Å²) in [5.74, 6) is 0. The van der Waals surface area contributed by atoms with Crippen molar-refractivity contribution in [2.24, 2.45) is 0 Å². The zero-order chi connectivity index (χ0) is 11.5. The zero-order valence-corrected chi connectivity index (χ0v) is 7.59. The van der Waals surface area contributed by atoms with E-state index in [-0.39, 0.29) is 18.3 Å². The largest absolute Gasteiger partial charge is 0.416 e. The van der Waals surface area contributed by atoms with Crippen LogP contribution in [0.1, 0.15) is 11.1 Å². The van der Waals surface area contributed by atoms with Gasteiger partial charge in [0, 0.05) is 6.42 Å². The highest BCUT2D eigenvalue weighted by Gasteiger charge is 2.30. The SMILES string of the molecule is O=CC(F)Cc1cccc(C(F)(F)F)c1. The topological polar surface area (TPSA) is 17.1 Å². The predicted molar refractivity (Wildman–Crippen MR) is 46.1 cm³/mol. The Labute approximate surface area is 83.7 Å². The maximum absolute atomic E-state index is 12.6. The summed E-state index contributed by atoms with van der Waals surface area (Å²) in [5, 5.41) is 0. The molecule has 0 amide bonds. The molecule has 0 bridgehead atoms. The Morgan fingerprint density at radius 1 is 1.33 bits per heavy atom. The Hall–Kier alpha value is -1.39. The van der Waals surface area contributed by atoms with Crippen LogP contribution in [0.25, 0.3) is 0 Å². The predicted octanol–water partition coefficient (Wildman–Crippen LogP) is 2.78. The average Bonchev–Trinajstić information content (AvgIpc) is 2.17. The quantitative estimate of drug-likeness (QED) is 0.565. The fourth-order valence-corrected chi connectivity index (χ4v) is 1.15. The summed E-state index contributed by atoms with van der Waals surface area (Å²) < 4.78 is 49.3. The second-order valence-electron chi connectivity index (χ2n) is 3.05. The van der Waals surface area contributed by atoms with E-state index in [1.165, 1.54) is 12.1 Å². The van der Waals surface area contributed by atoms with Crippen LogP contribution < -0.4 is 0 Å². The minimum Gasteiger partial charge on any atom is -0.300 e. The lowest BCUT2D eigenvalue weighted by atomic mass is 10.1. The van der Waals surface area contributed by atoms with Gasteiger partial charge < -0.3 is 4.79 Å². The van der Waals surface area contributed by atoms with Crippen molar-refractivity contribution in [2.45, 2.75) is 18.8 Å². The first-order valence-corrected chi connectivity index (χ1v) is 4.19. The van der Waals surface area contributed by atoms with Crippen LogP contribution in [0.4, 0.5) is 17.6 Å². The first-order valence-electron chi connectivity index (χ1n) is 4.19. The third kappa shape index (κ3) is 3.34. The van der Waals surface area contributed by atoms with Gasteiger partial charge in [-0.15, -0.1) is 0 Å². The Kier molecular flexibility index (Phi) is 3.44. The molecule has 0 radical (unpaired) electrons. The van der Waals surface area contributed by atoms with Crippen molar-refractivity contribution in [3.8, 4) is 0 Å². The second kappa shape index (κ2) is 4.42. The van der Waals surface area contributed by atoms with Crippen LogP contribution >= 0.6 is 0 Å². The molecule has 82 valence electrons. The lowest BCUT2D eigenvalue weighted by Gasteiger charge is -2.08. The lowest BCUT2D eigenvalue weighted by Crippen LogP contribution is -2.09. The van der Waals surface area contributed by atoms with E-state index in [1.807, 2.05) is 0 Å². The first-order chi connectivity index (χ1) is 6.93. The highest BCUT2D eigenvalue weighted by atomic mass is 19.4. The zero-order valence-electron chi connectivity index (χ0n) is 7.59. The Morgan fingerprint density at radius 2 is 2.00 bits per heavy atom. The number of hydrogen-bond donors (Lipinski definition) is 0. The standard InChI is InChI=1S/C10H8F4O/c11-9(6-15)5-7-2-1-3-8(4-7)10(12,13)14/h1-4,6,9H,5H2. The summed E-state index contributed by atoms with van der Waals surface area (Å²) >= 11 is 0. The van der Waals surface area contributed by atoms with Crippen LogP contribution in [0.2, 0.25) is 0 Å². The van der Waals surface area contributed by atoms with Gasteiger partial charge in [-0.2, -0.15) is 13.2 Å². The third-order valence-electron chi connectivity index (χ3n) is 1.83. The molecule has 15 heavy (non-hydrogen) atoms. The summed E-state index contributed by atoms with van der Waals surface area (Å²) in [7, 11) is 0. The van der Waals surface area contributed by atoms with Crippen LogP contribution in [-0.4, -0.2) is 12.5 Å². The van der Waals surface area contributed by atoms with Gasteiger partial charge in [-0.25, -0.2) is 4.39 Å². The van der Waals surface area contributed by atoms with Gasteiger partial charge >= 0.3 is 6.18 Å². The minimum absolute atomic E-state index is 0.0697. The maximum Gasteiger partial charge on any atom is 0.416 e. The molecule has 0 aromatic heterocycles.